The van der Waals surface area contributed by atoms with E-state index in [0.717, 1.165) is 6.07 Å². The van der Waals surface area contributed by atoms with Crippen molar-refractivity contribution in [1.29, 1.82) is 0 Å². The third-order valence-electron chi connectivity index (χ3n) is 6.96. The maximum Gasteiger partial charge on any atom is 0.416 e. The highest BCUT2D eigenvalue weighted by atomic mass is 35.5. The standard InChI is InChI=1S/C28H32ClF3N4O6S/c1-5-43(40,41)23-7-6-18(29)10-17(23)14-36-24(37)20-12-21(28(30,31)32)16(11-22(20)34-25(36)38)13-35-9-8-19(15-35)33-26(39)42-27(2,3)4/h6-7,10-12,19H,5,8-9,13-15H2,1-4H3,(H,33,39)(H,34,38)/t19-/m0/s1. The van der Waals surface area contributed by atoms with Crippen molar-refractivity contribution in [3.63, 3.8) is 0 Å². The molecule has 43 heavy (non-hydrogen) atoms. The average Bonchev–Trinajstić information content (AvgIpc) is 3.30. The zero-order chi connectivity index (χ0) is 31.9. The highest BCUT2D eigenvalue weighted by molar-refractivity contribution is 7.91. The van der Waals surface area contributed by atoms with Crippen LogP contribution in [0.25, 0.3) is 10.9 Å². The lowest BCUT2D eigenvalue weighted by molar-refractivity contribution is -0.138. The summed E-state index contributed by atoms with van der Waals surface area (Å²) < 4.78 is 73.8. The fourth-order valence-corrected chi connectivity index (χ4v) is 6.30. The highest BCUT2D eigenvalue weighted by Gasteiger charge is 2.36. The smallest absolute Gasteiger partial charge is 0.416 e. The highest BCUT2D eigenvalue weighted by Crippen LogP contribution is 2.35. The van der Waals surface area contributed by atoms with E-state index in [2.05, 4.69) is 10.3 Å². The van der Waals surface area contributed by atoms with Gasteiger partial charge in [0.15, 0.2) is 9.84 Å². The van der Waals surface area contributed by atoms with E-state index in [0.29, 0.717) is 23.6 Å². The molecule has 4 rings (SSSR count). The van der Waals surface area contributed by atoms with Crippen molar-refractivity contribution in [2.24, 2.45) is 0 Å². The maximum absolute atomic E-state index is 14.2. The van der Waals surface area contributed by atoms with Crippen molar-refractivity contribution in [3.8, 4) is 0 Å². The number of likely N-dealkylation sites (tertiary alicyclic amines) is 1. The van der Waals surface area contributed by atoms with Gasteiger partial charge in [-0.3, -0.25) is 14.3 Å². The number of fused-ring (bicyclic) bond motifs is 1. The summed E-state index contributed by atoms with van der Waals surface area (Å²) in [5.74, 6) is -0.253. The second kappa shape index (κ2) is 12.0. The van der Waals surface area contributed by atoms with Crippen LogP contribution in [-0.4, -0.2) is 59.4 Å². The number of aromatic amines is 1. The van der Waals surface area contributed by atoms with Gasteiger partial charge in [-0.1, -0.05) is 18.5 Å². The summed E-state index contributed by atoms with van der Waals surface area (Å²) in [5.41, 5.74) is -3.88. The van der Waals surface area contributed by atoms with Crippen molar-refractivity contribution in [1.82, 2.24) is 19.8 Å². The van der Waals surface area contributed by atoms with Crippen LogP contribution in [0.3, 0.4) is 0 Å². The molecule has 0 aliphatic carbocycles. The Bertz CT molecular complexity index is 1780. The van der Waals surface area contributed by atoms with E-state index < -0.39 is 51.1 Å². The molecule has 0 spiro atoms. The molecule has 2 aromatic carbocycles. The van der Waals surface area contributed by atoms with Gasteiger partial charge in [0.25, 0.3) is 5.56 Å². The fraction of sp³-hybridized carbons (Fsp3) is 0.464. The summed E-state index contributed by atoms with van der Waals surface area (Å²) >= 11 is 6.04. The third kappa shape index (κ3) is 7.60. The Hall–Kier alpha value is -3.36. The van der Waals surface area contributed by atoms with E-state index in [4.69, 9.17) is 16.3 Å². The number of benzene rings is 2. The van der Waals surface area contributed by atoms with Gasteiger partial charge in [-0.2, -0.15) is 13.2 Å². The number of sulfone groups is 1. The number of ether oxygens (including phenoxy) is 1. The molecule has 15 heteroatoms. The first kappa shape index (κ1) is 32.6. The van der Waals surface area contributed by atoms with Crippen LogP contribution in [0, 0.1) is 0 Å². The molecule has 234 valence electrons. The Morgan fingerprint density at radius 2 is 1.81 bits per heavy atom. The number of alkyl carbamates (subject to hydrolysis) is 1. The Kier molecular flexibility index (Phi) is 9.06. The van der Waals surface area contributed by atoms with Crippen LogP contribution in [-0.2, 0) is 33.8 Å². The number of aromatic nitrogens is 2. The number of carbonyl (C=O) groups is 1. The van der Waals surface area contributed by atoms with Crippen molar-refractivity contribution in [2.75, 3.05) is 18.8 Å². The molecular formula is C28H32ClF3N4O6S. The van der Waals surface area contributed by atoms with Crippen LogP contribution in [0.15, 0.2) is 44.8 Å². The van der Waals surface area contributed by atoms with Crippen LogP contribution >= 0.6 is 11.6 Å². The van der Waals surface area contributed by atoms with Gasteiger partial charge in [0, 0.05) is 30.7 Å². The number of hydrogen-bond acceptors (Lipinski definition) is 7. The minimum atomic E-state index is -4.82. The predicted molar refractivity (Wildman–Crippen MR) is 155 cm³/mol. The lowest BCUT2D eigenvalue weighted by Gasteiger charge is -2.22. The maximum atomic E-state index is 14.2. The van der Waals surface area contributed by atoms with Gasteiger partial charge in [-0.25, -0.2) is 18.0 Å². The molecule has 1 aliphatic rings. The lowest BCUT2D eigenvalue weighted by atomic mass is 10.0. The van der Waals surface area contributed by atoms with E-state index in [1.807, 2.05) is 0 Å². The number of halogens is 4. The minimum Gasteiger partial charge on any atom is -0.444 e. The predicted octanol–water partition coefficient (Wildman–Crippen LogP) is 4.30. The van der Waals surface area contributed by atoms with Crippen molar-refractivity contribution < 1.29 is 31.1 Å². The molecule has 10 nitrogen and oxygen atoms in total. The molecule has 3 aromatic rings. The minimum absolute atomic E-state index is 0.0533. The monoisotopic (exact) mass is 644 g/mol. The van der Waals surface area contributed by atoms with Gasteiger partial charge in [0.2, 0.25) is 0 Å². The largest absolute Gasteiger partial charge is 0.444 e. The molecular weight excluding hydrogens is 613 g/mol. The summed E-state index contributed by atoms with van der Waals surface area (Å²) in [6.07, 6.45) is -4.94. The quantitative estimate of drug-likeness (QED) is 0.392. The van der Waals surface area contributed by atoms with Crippen LogP contribution in [0.5, 0.6) is 0 Å². The van der Waals surface area contributed by atoms with Crippen molar-refractivity contribution in [2.45, 2.75) is 69.9 Å². The Morgan fingerprint density at radius 1 is 1.12 bits per heavy atom. The number of carbonyl (C=O) groups excluding carboxylic acids is 1. The van der Waals surface area contributed by atoms with E-state index in [9.17, 15) is 36.0 Å². The molecule has 0 bridgehead atoms. The molecule has 0 saturated carbocycles. The molecule has 1 aromatic heterocycles. The van der Waals surface area contributed by atoms with Gasteiger partial charge in [0.05, 0.1) is 33.7 Å². The average molecular weight is 645 g/mol. The first-order chi connectivity index (χ1) is 19.9. The molecule has 1 atom stereocenters. The Labute approximate surface area is 250 Å². The zero-order valence-corrected chi connectivity index (χ0v) is 25.5. The molecule has 2 heterocycles. The molecule has 0 unspecified atom stereocenters. The third-order valence-corrected chi connectivity index (χ3v) is 9.03. The second-order valence-electron chi connectivity index (χ2n) is 11.4. The Morgan fingerprint density at radius 3 is 2.44 bits per heavy atom. The van der Waals surface area contributed by atoms with Crippen LogP contribution in [0.2, 0.25) is 5.02 Å². The van der Waals surface area contributed by atoms with Gasteiger partial charge in [0.1, 0.15) is 5.60 Å². The normalized spacial score (nSPS) is 16.5. The first-order valence-electron chi connectivity index (χ1n) is 13.5. The summed E-state index contributed by atoms with van der Waals surface area (Å²) in [7, 11) is -3.77. The molecule has 1 saturated heterocycles. The number of amides is 1. The van der Waals surface area contributed by atoms with Gasteiger partial charge < -0.3 is 15.0 Å². The van der Waals surface area contributed by atoms with E-state index >= 15 is 0 Å². The summed E-state index contributed by atoms with van der Waals surface area (Å²) in [6.45, 7) is 6.58. The summed E-state index contributed by atoms with van der Waals surface area (Å²) in [6, 6.07) is 5.42. The van der Waals surface area contributed by atoms with Gasteiger partial charge >= 0.3 is 18.0 Å². The number of nitrogens with zero attached hydrogens (tertiary/aromatic N) is 2. The lowest BCUT2D eigenvalue weighted by Crippen LogP contribution is -2.40. The molecule has 0 radical (unpaired) electrons. The Balaban J connectivity index is 1.68. The molecule has 1 fully saturated rings. The number of hydrogen-bond donors (Lipinski definition) is 2. The molecule has 1 aliphatic heterocycles. The van der Waals surface area contributed by atoms with E-state index in [1.54, 1.807) is 25.7 Å². The molecule has 2 N–H and O–H groups in total. The summed E-state index contributed by atoms with van der Waals surface area (Å²) in [5, 5.41) is 2.50. The SMILES string of the molecule is CCS(=O)(=O)c1ccc(Cl)cc1Cn1c(=O)[nH]c2cc(CN3CC[C@H](NC(=O)OC(C)(C)C)C3)c(C(F)(F)F)cc2c1=O. The number of alkyl halides is 3. The fourth-order valence-electron chi connectivity index (χ4n) is 4.99. The van der Waals surface area contributed by atoms with E-state index in [-0.39, 0.29) is 56.8 Å². The summed E-state index contributed by atoms with van der Waals surface area (Å²) in [4.78, 5) is 42.6. The van der Waals surface area contributed by atoms with E-state index in [1.165, 1.54) is 25.1 Å². The zero-order valence-electron chi connectivity index (χ0n) is 24.0. The van der Waals surface area contributed by atoms with Gasteiger partial charge in [-0.15, -0.1) is 0 Å². The first-order valence-corrected chi connectivity index (χ1v) is 15.5. The van der Waals surface area contributed by atoms with Crippen LogP contribution in [0.1, 0.15) is 50.8 Å². The topological polar surface area (TPSA) is 131 Å². The number of rotatable bonds is 7. The molecule has 1 amide bonds. The number of nitrogens with one attached hydrogen (secondary N) is 2. The number of H-pyrrole nitrogens is 1. The van der Waals surface area contributed by atoms with Crippen LogP contribution < -0.4 is 16.6 Å². The van der Waals surface area contributed by atoms with Crippen molar-refractivity contribution in [3.05, 3.63) is 72.9 Å². The van der Waals surface area contributed by atoms with Crippen molar-refractivity contribution >= 4 is 38.4 Å². The van der Waals surface area contributed by atoms with Crippen LogP contribution in [0.4, 0.5) is 18.0 Å². The van der Waals surface area contributed by atoms with Gasteiger partial charge in [-0.05, 0) is 68.7 Å². The second-order valence-corrected chi connectivity index (χ2v) is 14.1.